The molecule has 1 aromatic heterocycles. The van der Waals surface area contributed by atoms with E-state index in [-0.39, 0.29) is 0 Å². The second-order valence-electron chi connectivity index (χ2n) is 5.88. The summed E-state index contributed by atoms with van der Waals surface area (Å²) in [5.41, 5.74) is 0. The first-order chi connectivity index (χ1) is 7.56. The molecule has 0 spiro atoms. The van der Waals surface area contributed by atoms with Crippen molar-refractivity contribution < 1.29 is 4.74 Å². The quantitative estimate of drug-likeness (QED) is 0.562. The Hall–Kier alpha value is -0.613. The highest BCUT2D eigenvalue weighted by Gasteiger charge is 2.27. The maximum absolute atomic E-state index is 5.73. The van der Waals surface area contributed by atoms with Gasteiger partial charge in [-0.2, -0.15) is 0 Å². The van der Waals surface area contributed by atoms with Gasteiger partial charge < -0.3 is 9.30 Å². The Morgan fingerprint density at radius 2 is 2.19 bits per heavy atom. The molecule has 1 aromatic rings. The van der Waals surface area contributed by atoms with Gasteiger partial charge >= 0.3 is 0 Å². The molecular weight excluding hydrogens is 216 g/mol. The van der Waals surface area contributed by atoms with Gasteiger partial charge in [0.15, 0.2) is 0 Å². The lowest BCUT2D eigenvalue weighted by atomic mass is 10.4. The SMILES string of the molecule is C[Si](C)(C)CCOCn1ccnc1C1CC1. The minimum Gasteiger partial charge on any atom is -0.361 e. The fourth-order valence-corrected chi connectivity index (χ4v) is 2.43. The summed E-state index contributed by atoms with van der Waals surface area (Å²) in [5.74, 6) is 1.92. The van der Waals surface area contributed by atoms with Gasteiger partial charge in [-0.05, 0) is 18.9 Å². The van der Waals surface area contributed by atoms with Crippen molar-refractivity contribution in [3.8, 4) is 0 Å². The second-order valence-corrected chi connectivity index (χ2v) is 11.5. The molecule has 0 unspecified atom stereocenters. The molecule has 0 aliphatic heterocycles. The monoisotopic (exact) mass is 238 g/mol. The van der Waals surface area contributed by atoms with Crippen molar-refractivity contribution in [2.24, 2.45) is 0 Å². The minimum absolute atomic E-state index is 0.677. The molecule has 0 amide bonds. The fraction of sp³-hybridized carbons (Fsp3) is 0.750. The summed E-state index contributed by atoms with van der Waals surface area (Å²) in [4.78, 5) is 4.40. The molecule has 2 rings (SSSR count). The maximum Gasteiger partial charge on any atom is 0.123 e. The molecule has 90 valence electrons. The van der Waals surface area contributed by atoms with E-state index in [4.69, 9.17) is 4.74 Å². The van der Waals surface area contributed by atoms with Gasteiger partial charge in [0.1, 0.15) is 12.6 Å². The van der Waals surface area contributed by atoms with Gasteiger partial charge in [0.05, 0.1) is 0 Å². The predicted molar refractivity (Wildman–Crippen MR) is 68.3 cm³/mol. The van der Waals surface area contributed by atoms with Crippen molar-refractivity contribution in [2.45, 2.75) is 51.2 Å². The van der Waals surface area contributed by atoms with E-state index in [1.807, 2.05) is 12.4 Å². The molecule has 1 aliphatic rings. The molecule has 1 fully saturated rings. The van der Waals surface area contributed by atoms with Gasteiger partial charge in [-0.15, -0.1) is 0 Å². The molecule has 16 heavy (non-hydrogen) atoms. The average Bonchev–Trinajstić information content (AvgIpc) is 2.92. The van der Waals surface area contributed by atoms with E-state index in [2.05, 4.69) is 29.2 Å². The third-order valence-corrected chi connectivity index (χ3v) is 4.62. The van der Waals surface area contributed by atoms with Crippen molar-refractivity contribution in [1.82, 2.24) is 9.55 Å². The van der Waals surface area contributed by atoms with E-state index < -0.39 is 8.07 Å². The van der Waals surface area contributed by atoms with Gasteiger partial charge in [0, 0.05) is 33.0 Å². The van der Waals surface area contributed by atoms with Crippen molar-refractivity contribution in [2.75, 3.05) is 6.61 Å². The fourth-order valence-electron chi connectivity index (χ4n) is 1.67. The van der Waals surface area contributed by atoms with Crippen LogP contribution in [-0.4, -0.2) is 24.2 Å². The van der Waals surface area contributed by atoms with Crippen molar-refractivity contribution in [3.63, 3.8) is 0 Å². The van der Waals surface area contributed by atoms with Gasteiger partial charge in [-0.1, -0.05) is 19.6 Å². The lowest BCUT2D eigenvalue weighted by Gasteiger charge is -2.16. The van der Waals surface area contributed by atoms with Gasteiger partial charge in [-0.25, -0.2) is 4.98 Å². The molecule has 0 N–H and O–H groups in total. The molecular formula is C12H22N2OSi. The zero-order chi connectivity index (χ0) is 11.6. The van der Waals surface area contributed by atoms with Crippen LogP contribution in [0.5, 0.6) is 0 Å². The Bertz CT molecular complexity index is 339. The van der Waals surface area contributed by atoms with Crippen LogP contribution in [0, 0.1) is 0 Å². The summed E-state index contributed by atoms with van der Waals surface area (Å²) in [6, 6.07) is 1.24. The van der Waals surface area contributed by atoms with Gasteiger partial charge in [0.2, 0.25) is 0 Å². The zero-order valence-electron chi connectivity index (χ0n) is 10.6. The highest BCUT2D eigenvalue weighted by Crippen LogP contribution is 2.38. The lowest BCUT2D eigenvalue weighted by Crippen LogP contribution is -2.22. The Balaban J connectivity index is 1.74. The van der Waals surface area contributed by atoms with Gasteiger partial charge in [-0.3, -0.25) is 0 Å². The van der Waals surface area contributed by atoms with Crippen LogP contribution in [0.2, 0.25) is 25.7 Å². The standard InChI is InChI=1S/C12H22N2OSi/c1-16(2,3)9-8-15-10-14-7-6-13-12(14)11-4-5-11/h6-7,11H,4-5,8-10H2,1-3H3. The third-order valence-electron chi connectivity index (χ3n) is 2.92. The van der Waals surface area contributed by atoms with E-state index in [9.17, 15) is 0 Å². The van der Waals surface area contributed by atoms with E-state index in [1.54, 1.807) is 0 Å². The summed E-state index contributed by atoms with van der Waals surface area (Å²) < 4.78 is 7.88. The molecule has 1 aliphatic carbocycles. The summed E-state index contributed by atoms with van der Waals surface area (Å²) in [6.07, 6.45) is 6.51. The molecule has 4 heteroatoms. The van der Waals surface area contributed by atoms with E-state index >= 15 is 0 Å². The Labute approximate surface area is 98.8 Å². The predicted octanol–water partition coefficient (Wildman–Crippen LogP) is 3.07. The van der Waals surface area contributed by atoms with Crippen LogP contribution >= 0.6 is 0 Å². The number of aromatic nitrogens is 2. The van der Waals surface area contributed by atoms with Crippen LogP contribution in [0.25, 0.3) is 0 Å². The first-order valence-corrected chi connectivity index (χ1v) is 9.86. The number of ether oxygens (including phenoxy) is 1. The van der Waals surface area contributed by atoms with E-state index in [0.717, 1.165) is 6.61 Å². The molecule has 1 saturated carbocycles. The highest BCUT2D eigenvalue weighted by atomic mass is 28.3. The van der Waals surface area contributed by atoms with Crippen LogP contribution < -0.4 is 0 Å². The van der Waals surface area contributed by atoms with Crippen LogP contribution in [-0.2, 0) is 11.5 Å². The number of imidazole rings is 1. The molecule has 0 aromatic carbocycles. The Kier molecular flexibility index (Phi) is 3.49. The summed E-state index contributed by atoms with van der Waals surface area (Å²) >= 11 is 0. The number of rotatable bonds is 6. The second kappa shape index (κ2) is 4.71. The lowest BCUT2D eigenvalue weighted by molar-refractivity contribution is 0.0851. The third kappa shape index (κ3) is 3.45. The van der Waals surface area contributed by atoms with E-state index in [0.29, 0.717) is 12.6 Å². The van der Waals surface area contributed by atoms with Crippen LogP contribution in [0.4, 0.5) is 0 Å². The molecule has 0 atom stereocenters. The van der Waals surface area contributed by atoms with Gasteiger partial charge in [0.25, 0.3) is 0 Å². The van der Waals surface area contributed by atoms with E-state index in [1.165, 1.54) is 24.7 Å². The summed E-state index contributed by atoms with van der Waals surface area (Å²) in [7, 11) is -0.952. The zero-order valence-corrected chi connectivity index (χ0v) is 11.6. The average molecular weight is 238 g/mol. The number of hydrogen-bond donors (Lipinski definition) is 0. The van der Waals surface area contributed by atoms with Crippen molar-refractivity contribution in [3.05, 3.63) is 18.2 Å². The van der Waals surface area contributed by atoms with Crippen molar-refractivity contribution in [1.29, 1.82) is 0 Å². The normalized spacial score (nSPS) is 16.7. The first-order valence-electron chi connectivity index (χ1n) is 6.15. The van der Waals surface area contributed by atoms with Crippen LogP contribution in [0.1, 0.15) is 24.6 Å². The number of nitrogens with zero attached hydrogens (tertiary/aromatic N) is 2. The summed E-state index contributed by atoms with van der Waals surface area (Å²) in [5, 5.41) is 0. The largest absolute Gasteiger partial charge is 0.361 e. The Morgan fingerprint density at radius 3 is 2.81 bits per heavy atom. The van der Waals surface area contributed by atoms with Crippen LogP contribution in [0.15, 0.2) is 12.4 Å². The first kappa shape index (κ1) is 11.9. The topological polar surface area (TPSA) is 27.1 Å². The smallest absolute Gasteiger partial charge is 0.123 e. The maximum atomic E-state index is 5.73. The molecule has 1 heterocycles. The summed E-state index contributed by atoms with van der Waals surface area (Å²) in [6.45, 7) is 8.70. The molecule has 3 nitrogen and oxygen atoms in total. The van der Waals surface area contributed by atoms with Crippen LogP contribution in [0.3, 0.4) is 0 Å². The number of hydrogen-bond acceptors (Lipinski definition) is 2. The highest BCUT2D eigenvalue weighted by molar-refractivity contribution is 6.76. The Morgan fingerprint density at radius 1 is 1.44 bits per heavy atom. The molecule has 0 radical (unpaired) electrons. The minimum atomic E-state index is -0.952. The van der Waals surface area contributed by atoms with Crippen molar-refractivity contribution >= 4 is 8.07 Å². The molecule has 0 bridgehead atoms. The molecule has 0 saturated heterocycles.